The van der Waals surface area contributed by atoms with E-state index in [4.69, 9.17) is 10.2 Å². The van der Waals surface area contributed by atoms with Crippen molar-refractivity contribution in [1.82, 2.24) is 0 Å². The van der Waals surface area contributed by atoms with Crippen LogP contribution in [0.15, 0.2) is 18.2 Å². The van der Waals surface area contributed by atoms with Gasteiger partial charge in [0.25, 0.3) is 0 Å². The summed E-state index contributed by atoms with van der Waals surface area (Å²) in [7, 11) is 1.73. The fourth-order valence-corrected chi connectivity index (χ4v) is 2.04. The van der Waals surface area contributed by atoms with Crippen LogP contribution in [0, 0.1) is 0 Å². The number of benzene rings is 1. The van der Waals surface area contributed by atoms with Gasteiger partial charge in [-0.05, 0) is 18.2 Å². The second-order valence-electron chi connectivity index (χ2n) is 4.13. The number of carbonyl (C=O) groups excluding carboxylic acids is 1. The Labute approximate surface area is 104 Å². The molecule has 0 aliphatic carbocycles. The van der Waals surface area contributed by atoms with Crippen LogP contribution >= 0.6 is 0 Å². The van der Waals surface area contributed by atoms with Crippen molar-refractivity contribution >= 4 is 23.3 Å². The lowest BCUT2D eigenvalue weighted by Gasteiger charge is -2.35. The monoisotopic (exact) mass is 250 g/mol. The minimum atomic E-state index is -1.00. The van der Waals surface area contributed by atoms with Crippen molar-refractivity contribution in [2.45, 2.75) is 0 Å². The first kappa shape index (κ1) is 12.4. The summed E-state index contributed by atoms with van der Waals surface area (Å²) in [5, 5.41) is 17.9. The van der Waals surface area contributed by atoms with E-state index in [2.05, 4.69) is 0 Å². The highest BCUT2D eigenvalue weighted by molar-refractivity contribution is 6.04. The fraction of sp³-hybridized carbons (Fsp3) is 0.333. The first-order chi connectivity index (χ1) is 8.54. The standard InChI is InChI=1S/C12H14N2O4/c1-13-7-11(16)14(4-5-15)9-3-2-8(12(17)18)6-10(9)13/h2-3,6,15H,4-5,7H2,1H3,(H,17,18). The third-order valence-electron chi connectivity index (χ3n) is 2.92. The maximum atomic E-state index is 11.8. The van der Waals surface area contributed by atoms with E-state index < -0.39 is 5.97 Å². The summed E-state index contributed by atoms with van der Waals surface area (Å²) in [6, 6.07) is 4.59. The van der Waals surface area contributed by atoms with Gasteiger partial charge in [0.05, 0.1) is 30.1 Å². The molecule has 0 radical (unpaired) electrons. The average Bonchev–Trinajstić information content (AvgIpc) is 2.33. The Hall–Kier alpha value is -2.08. The Kier molecular flexibility index (Phi) is 3.20. The number of aliphatic hydroxyl groups is 1. The van der Waals surface area contributed by atoms with Crippen LogP contribution in [0.4, 0.5) is 11.4 Å². The number of rotatable bonds is 3. The van der Waals surface area contributed by atoms with Crippen molar-refractivity contribution in [2.75, 3.05) is 36.5 Å². The topological polar surface area (TPSA) is 81.1 Å². The molecule has 6 heteroatoms. The summed E-state index contributed by atoms with van der Waals surface area (Å²) in [5.74, 6) is -1.11. The number of aromatic carboxylic acids is 1. The number of amides is 1. The number of carboxylic acid groups (broad SMARTS) is 1. The molecule has 6 nitrogen and oxygen atoms in total. The van der Waals surface area contributed by atoms with E-state index >= 15 is 0 Å². The molecule has 0 saturated heterocycles. The smallest absolute Gasteiger partial charge is 0.335 e. The number of β-amino-alcohol motifs (C(OH)–C–C–N with tert-alkyl or cyclic N) is 1. The Morgan fingerprint density at radius 2 is 2.11 bits per heavy atom. The lowest BCUT2D eigenvalue weighted by Crippen LogP contribution is -2.45. The molecule has 1 aliphatic rings. The lowest BCUT2D eigenvalue weighted by atomic mass is 10.1. The second-order valence-corrected chi connectivity index (χ2v) is 4.13. The summed E-state index contributed by atoms with van der Waals surface area (Å²) in [6.45, 7) is 0.262. The van der Waals surface area contributed by atoms with Crippen LogP contribution in [-0.4, -0.2) is 48.8 Å². The predicted octanol–water partition coefficient (Wildman–Crippen LogP) is 0.160. The van der Waals surface area contributed by atoms with Gasteiger partial charge in [-0.25, -0.2) is 4.79 Å². The zero-order valence-corrected chi connectivity index (χ0v) is 9.96. The molecule has 0 fully saturated rings. The maximum Gasteiger partial charge on any atom is 0.335 e. The normalized spacial score (nSPS) is 14.7. The number of likely N-dealkylation sites (N-methyl/N-ethyl adjacent to an activating group) is 1. The van der Waals surface area contributed by atoms with Crippen LogP contribution in [0.25, 0.3) is 0 Å². The van der Waals surface area contributed by atoms with Crippen molar-refractivity contribution in [3.05, 3.63) is 23.8 Å². The molecule has 1 aromatic rings. The molecule has 1 heterocycles. The molecule has 2 rings (SSSR count). The molecule has 1 aromatic carbocycles. The molecule has 18 heavy (non-hydrogen) atoms. The molecule has 2 N–H and O–H groups in total. The Bertz CT molecular complexity index is 501. The number of hydrogen-bond acceptors (Lipinski definition) is 4. The Morgan fingerprint density at radius 1 is 1.39 bits per heavy atom. The molecule has 96 valence electrons. The number of nitrogens with zero attached hydrogens (tertiary/aromatic N) is 2. The lowest BCUT2D eigenvalue weighted by molar-refractivity contribution is -0.117. The molecule has 0 unspecified atom stereocenters. The number of carbonyl (C=O) groups is 2. The summed E-state index contributed by atoms with van der Waals surface area (Å²) in [4.78, 5) is 25.9. The Balaban J connectivity index is 2.48. The summed E-state index contributed by atoms with van der Waals surface area (Å²) >= 11 is 0. The fourth-order valence-electron chi connectivity index (χ4n) is 2.04. The maximum absolute atomic E-state index is 11.8. The number of fused-ring (bicyclic) bond motifs is 1. The van der Waals surface area contributed by atoms with Gasteiger partial charge in [-0.3, -0.25) is 4.79 Å². The van der Waals surface area contributed by atoms with E-state index in [0.717, 1.165) is 0 Å². The van der Waals surface area contributed by atoms with Gasteiger partial charge in [0.2, 0.25) is 5.91 Å². The molecule has 0 atom stereocenters. The third-order valence-corrected chi connectivity index (χ3v) is 2.92. The van der Waals surface area contributed by atoms with Gasteiger partial charge in [-0.1, -0.05) is 0 Å². The molecular weight excluding hydrogens is 236 g/mol. The number of hydrogen-bond donors (Lipinski definition) is 2. The summed E-state index contributed by atoms with van der Waals surface area (Å²) < 4.78 is 0. The highest BCUT2D eigenvalue weighted by atomic mass is 16.4. The van der Waals surface area contributed by atoms with Crippen LogP contribution in [0.2, 0.25) is 0 Å². The van der Waals surface area contributed by atoms with Crippen molar-refractivity contribution in [1.29, 1.82) is 0 Å². The zero-order valence-electron chi connectivity index (χ0n) is 9.96. The van der Waals surface area contributed by atoms with Gasteiger partial charge in [0.1, 0.15) is 0 Å². The molecule has 0 spiro atoms. The number of carboxylic acids is 1. The third kappa shape index (κ3) is 2.02. The molecule has 1 aliphatic heterocycles. The van der Waals surface area contributed by atoms with Gasteiger partial charge in [0, 0.05) is 13.6 Å². The van der Waals surface area contributed by atoms with Crippen LogP contribution in [0.5, 0.6) is 0 Å². The van der Waals surface area contributed by atoms with Crippen LogP contribution in [0.3, 0.4) is 0 Å². The van der Waals surface area contributed by atoms with Crippen LogP contribution in [-0.2, 0) is 4.79 Å². The first-order valence-electron chi connectivity index (χ1n) is 5.54. The molecule has 0 saturated carbocycles. The van der Waals surface area contributed by atoms with Crippen molar-refractivity contribution in [3.63, 3.8) is 0 Å². The Morgan fingerprint density at radius 3 is 2.72 bits per heavy atom. The van der Waals surface area contributed by atoms with E-state index in [1.165, 1.54) is 17.0 Å². The van der Waals surface area contributed by atoms with Gasteiger partial charge < -0.3 is 20.0 Å². The first-order valence-corrected chi connectivity index (χ1v) is 5.54. The largest absolute Gasteiger partial charge is 0.478 e. The van der Waals surface area contributed by atoms with Crippen molar-refractivity contribution in [3.8, 4) is 0 Å². The van der Waals surface area contributed by atoms with E-state index in [1.54, 1.807) is 18.0 Å². The highest BCUT2D eigenvalue weighted by Gasteiger charge is 2.27. The molecule has 1 amide bonds. The molecule has 0 aromatic heterocycles. The van der Waals surface area contributed by atoms with Crippen LogP contribution < -0.4 is 9.80 Å². The van der Waals surface area contributed by atoms with Crippen molar-refractivity contribution in [2.24, 2.45) is 0 Å². The predicted molar refractivity (Wildman–Crippen MR) is 66.1 cm³/mol. The minimum Gasteiger partial charge on any atom is -0.478 e. The minimum absolute atomic E-state index is 0.109. The van der Waals surface area contributed by atoms with Gasteiger partial charge in [0.15, 0.2) is 0 Å². The van der Waals surface area contributed by atoms with Crippen LogP contribution in [0.1, 0.15) is 10.4 Å². The van der Waals surface area contributed by atoms with Gasteiger partial charge in [-0.2, -0.15) is 0 Å². The van der Waals surface area contributed by atoms with E-state index in [0.29, 0.717) is 11.4 Å². The van der Waals surface area contributed by atoms with Gasteiger partial charge >= 0.3 is 5.97 Å². The van der Waals surface area contributed by atoms with E-state index in [-0.39, 0.29) is 31.2 Å². The van der Waals surface area contributed by atoms with E-state index in [9.17, 15) is 9.59 Å². The number of aliphatic hydroxyl groups excluding tert-OH is 1. The highest BCUT2D eigenvalue weighted by Crippen LogP contribution is 2.33. The van der Waals surface area contributed by atoms with Crippen molar-refractivity contribution < 1.29 is 19.8 Å². The average molecular weight is 250 g/mol. The SMILES string of the molecule is CN1CC(=O)N(CCO)c2ccc(C(=O)O)cc21. The summed E-state index contributed by atoms with van der Waals surface area (Å²) in [6.07, 6.45) is 0. The van der Waals surface area contributed by atoms with Gasteiger partial charge in [-0.15, -0.1) is 0 Å². The van der Waals surface area contributed by atoms with E-state index in [1.807, 2.05) is 0 Å². The summed E-state index contributed by atoms with van der Waals surface area (Å²) in [5.41, 5.74) is 1.50. The second kappa shape index (κ2) is 4.66. The quantitative estimate of drug-likeness (QED) is 0.798. The number of anilines is 2. The molecule has 0 bridgehead atoms. The molecular formula is C12H14N2O4. The zero-order chi connectivity index (χ0) is 13.3.